The Morgan fingerprint density at radius 2 is 2.00 bits per heavy atom. The molecule has 1 N–H and O–H groups in total. The van der Waals surface area contributed by atoms with Gasteiger partial charge in [0.25, 0.3) is 15.0 Å². The van der Waals surface area contributed by atoms with Gasteiger partial charge in [0.2, 0.25) is 0 Å². The van der Waals surface area contributed by atoms with E-state index in [0.29, 0.717) is 15.7 Å². The maximum Gasteiger partial charge on any atom is 0.262 e. The third kappa shape index (κ3) is 4.78. The summed E-state index contributed by atoms with van der Waals surface area (Å²) in [6.45, 7) is 7.72. The number of carbonyl (C=O) groups excluding carboxylic acids is 1. The Labute approximate surface area is 122 Å². The van der Waals surface area contributed by atoms with Crippen molar-refractivity contribution in [1.29, 1.82) is 0 Å². The summed E-state index contributed by atoms with van der Waals surface area (Å²) >= 11 is 1.13. The molecule has 0 spiro atoms. The minimum absolute atomic E-state index is 0.0147. The van der Waals surface area contributed by atoms with E-state index in [4.69, 9.17) is 10.7 Å². The summed E-state index contributed by atoms with van der Waals surface area (Å²) in [5.41, 5.74) is 0. The molecular weight excluding hydrogens is 306 g/mol. The number of hydrogen-bond acceptors (Lipinski definition) is 4. The van der Waals surface area contributed by atoms with Crippen LogP contribution in [-0.4, -0.2) is 20.4 Å². The van der Waals surface area contributed by atoms with Crippen LogP contribution < -0.4 is 5.32 Å². The largest absolute Gasteiger partial charge is 0.349 e. The Bertz CT molecular complexity index is 564. The van der Waals surface area contributed by atoms with E-state index >= 15 is 0 Å². The first-order valence-electron chi connectivity index (χ1n) is 5.97. The SMILES string of the molecule is Cc1sc(C(=O)NC(C)CC(C)C)cc1S(=O)(=O)Cl. The van der Waals surface area contributed by atoms with Crippen LogP contribution >= 0.6 is 22.0 Å². The highest BCUT2D eigenvalue weighted by molar-refractivity contribution is 8.13. The summed E-state index contributed by atoms with van der Waals surface area (Å²) in [4.78, 5) is 12.9. The van der Waals surface area contributed by atoms with Gasteiger partial charge in [-0.05, 0) is 32.3 Å². The normalized spacial score (nSPS) is 13.6. The molecule has 7 heteroatoms. The second kappa shape index (κ2) is 6.24. The Kier molecular flexibility index (Phi) is 5.41. The summed E-state index contributed by atoms with van der Waals surface area (Å²) in [5.74, 6) is 0.229. The average Bonchev–Trinajstić information content (AvgIpc) is 2.58. The molecule has 0 radical (unpaired) electrons. The summed E-state index contributed by atoms with van der Waals surface area (Å²) in [6, 6.07) is 1.38. The van der Waals surface area contributed by atoms with Crippen LogP contribution in [0.3, 0.4) is 0 Å². The third-order valence-electron chi connectivity index (χ3n) is 2.56. The average molecular weight is 324 g/mol. The summed E-state index contributed by atoms with van der Waals surface area (Å²) in [7, 11) is 1.51. The van der Waals surface area contributed by atoms with Gasteiger partial charge in [0.15, 0.2) is 0 Å². The molecule has 1 atom stereocenters. The predicted octanol–water partition coefficient (Wildman–Crippen LogP) is 3.15. The van der Waals surface area contributed by atoms with E-state index in [9.17, 15) is 13.2 Å². The number of hydrogen-bond donors (Lipinski definition) is 1. The lowest BCUT2D eigenvalue weighted by Gasteiger charge is -2.15. The van der Waals surface area contributed by atoms with Gasteiger partial charge in [0.05, 0.1) is 9.77 Å². The lowest BCUT2D eigenvalue weighted by Crippen LogP contribution is -2.32. The maximum atomic E-state index is 12.0. The number of amides is 1. The number of halogens is 1. The van der Waals surface area contributed by atoms with Crippen LogP contribution in [0.5, 0.6) is 0 Å². The van der Waals surface area contributed by atoms with Crippen LogP contribution in [0, 0.1) is 12.8 Å². The van der Waals surface area contributed by atoms with Gasteiger partial charge in [-0.2, -0.15) is 0 Å². The van der Waals surface area contributed by atoms with E-state index in [0.717, 1.165) is 17.8 Å². The zero-order valence-electron chi connectivity index (χ0n) is 11.4. The number of aryl methyl sites for hydroxylation is 1. The summed E-state index contributed by atoms with van der Waals surface area (Å²) in [6.07, 6.45) is 0.872. The monoisotopic (exact) mass is 323 g/mol. The second-order valence-corrected chi connectivity index (χ2v) is 8.76. The second-order valence-electron chi connectivity index (χ2n) is 4.97. The van der Waals surface area contributed by atoms with Crippen molar-refractivity contribution in [3.05, 3.63) is 15.8 Å². The molecule has 0 aliphatic rings. The van der Waals surface area contributed by atoms with E-state index < -0.39 is 9.05 Å². The Morgan fingerprint density at radius 1 is 1.42 bits per heavy atom. The zero-order chi connectivity index (χ0) is 14.8. The van der Waals surface area contributed by atoms with Gasteiger partial charge in [0.1, 0.15) is 0 Å². The van der Waals surface area contributed by atoms with Gasteiger partial charge in [-0.1, -0.05) is 13.8 Å². The Balaban J connectivity index is 2.85. The molecular formula is C12H18ClNO3S2. The highest BCUT2D eigenvalue weighted by Crippen LogP contribution is 2.28. The first kappa shape index (κ1) is 16.5. The lowest BCUT2D eigenvalue weighted by atomic mass is 10.1. The van der Waals surface area contributed by atoms with Crippen LogP contribution in [0.1, 0.15) is 41.7 Å². The topological polar surface area (TPSA) is 63.2 Å². The molecule has 0 saturated heterocycles. The van der Waals surface area contributed by atoms with Crippen molar-refractivity contribution in [2.45, 2.75) is 45.1 Å². The molecule has 1 aromatic heterocycles. The first-order valence-corrected chi connectivity index (χ1v) is 9.09. The summed E-state index contributed by atoms with van der Waals surface area (Å²) in [5, 5.41) is 2.85. The van der Waals surface area contributed by atoms with E-state index in [1.807, 2.05) is 6.92 Å². The molecule has 19 heavy (non-hydrogen) atoms. The fourth-order valence-electron chi connectivity index (χ4n) is 1.88. The van der Waals surface area contributed by atoms with Crippen molar-refractivity contribution >= 4 is 37.0 Å². The van der Waals surface area contributed by atoms with Crippen LogP contribution in [0.2, 0.25) is 0 Å². The molecule has 0 aliphatic heterocycles. The van der Waals surface area contributed by atoms with Crippen LogP contribution in [0.4, 0.5) is 0 Å². The third-order valence-corrected chi connectivity index (χ3v) is 5.19. The molecule has 0 aromatic carbocycles. The molecule has 1 aromatic rings. The molecule has 1 amide bonds. The van der Waals surface area contributed by atoms with E-state index in [-0.39, 0.29) is 16.8 Å². The Morgan fingerprint density at radius 3 is 2.42 bits per heavy atom. The van der Waals surface area contributed by atoms with Gasteiger partial charge in [-0.3, -0.25) is 4.79 Å². The minimum Gasteiger partial charge on any atom is -0.349 e. The zero-order valence-corrected chi connectivity index (χ0v) is 13.7. The molecule has 0 saturated carbocycles. The molecule has 1 unspecified atom stereocenters. The van der Waals surface area contributed by atoms with Gasteiger partial charge in [-0.15, -0.1) is 11.3 Å². The van der Waals surface area contributed by atoms with E-state index in [2.05, 4.69) is 19.2 Å². The quantitative estimate of drug-likeness (QED) is 0.847. The number of carbonyl (C=O) groups is 1. The van der Waals surface area contributed by atoms with Crippen molar-refractivity contribution < 1.29 is 13.2 Å². The van der Waals surface area contributed by atoms with Crippen molar-refractivity contribution in [2.75, 3.05) is 0 Å². The highest BCUT2D eigenvalue weighted by atomic mass is 35.7. The smallest absolute Gasteiger partial charge is 0.262 e. The summed E-state index contributed by atoms with van der Waals surface area (Å²) < 4.78 is 22.6. The molecule has 1 heterocycles. The molecule has 0 aliphatic carbocycles. The standard InChI is InChI=1S/C12H18ClNO3S2/c1-7(2)5-8(3)14-12(15)10-6-11(9(4)18-10)19(13,16)17/h6-8H,5H2,1-4H3,(H,14,15). The molecule has 0 bridgehead atoms. The lowest BCUT2D eigenvalue weighted by molar-refractivity contribution is 0.0940. The number of nitrogens with one attached hydrogen (secondary N) is 1. The Hall–Kier alpha value is -0.590. The minimum atomic E-state index is -3.79. The van der Waals surface area contributed by atoms with Crippen molar-refractivity contribution in [3.63, 3.8) is 0 Å². The first-order chi connectivity index (χ1) is 8.61. The van der Waals surface area contributed by atoms with Gasteiger partial charge >= 0.3 is 0 Å². The predicted molar refractivity (Wildman–Crippen MR) is 78.5 cm³/mol. The van der Waals surface area contributed by atoms with Crippen molar-refractivity contribution in [1.82, 2.24) is 5.32 Å². The van der Waals surface area contributed by atoms with Gasteiger partial charge in [-0.25, -0.2) is 8.42 Å². The van der Waals surface area contributed by atoms with Crippen molar-refractivity contribution in [3.8, 4) is 0 Å². The maximum absolute atomic E-state index is 12.0. The molecule has 0 fully saturated rings. The van der Waals surface area contributed by atoms with Crippen LogP contribution in [0.25, 0.3) is 0 Å². The molecule has 1 rings (SSSR count). The van der Waals surface area contributed by atoms with Crippen LogP contribution in [-0.2, 0) is 9.05 Å². The van der Waals surface area contributed by atoms with E-state index in [1.54, 1.807) is 6.92 Å². The van der Waals surface area contributed by atoms with E-state index in [1.165, 1.54) is 6.07 Å². The molecule has 4 nitrogen and oxygen atoms in total. The highest BCUT2D eigenvalue weighted by Gasteiger charge is 2.21. The molecule has 108 valence electrons. The fourth-order valence-corrected chi connectivity index (χ4v) is 4.45. The van der Waals surface area contributed by atoms with Crippen LogP contribution in [0.15, 0.2) is 11.0 Å². The van der Waals surface area contributed by atoms with Crippen molar-refractivity contribution in [2.24, 2.45) is 5.92 Å². The number of rotatable bonds is 5. The fraction of sp³-hybridized carbons (Fsp3) is 0.583. The van der Waals surface area contributed by atoms with Gasteiger partial charge < -0.3 is 5.32 Å². The van der Waals surface area contributed by atoms with Gasteiger partial charge in [0, 0.05) is 21.6 Å². The number of thiophene rings is 1.